The average Bonchev–Trinajstić information content (AvgIpc) is 2.65. The zero-order valence-electron chi connectivity index (χ0n) is 14.6. The van der Waals surface area contributed by atoms with Gasteiger partial charge in [-0.3, -0.25) is 0 Å². The van der Waals surface area contributed by atoms with Gasteiger partial charge in [0.15, 0.2) is 6.04 Å². The van der Waals surface area contributed by atoms with Crippen molar-refractivity contribution in [3.05, 3.63) is 35.9 Å². The van der Waals surface area contributed by atoms with Gasteiger partial charge in [0.1, 0.15) is 6.61 Å². The highest BCUT2D eigenvalue weighted by Gasteiger charge is 2.36. The van der Waals surface area contributed by atoms with E-state index in [1.807, 2.05) is 30.3 Å². The number of alkyl carbamates (subject to hydrolysis) is 1. The molecule has 0 saturated heterocycles. The number of amides is 1. The molecule has 2 N–H and O–H groups in total. The van der Waals surface area contributed by atoms with Gasteiger partial charge in [-0.2, -0.15) is 0 Å². The molecule has 0 aliphatic heterocycles. The summed E-state index contributed by atoms with van der Waals surface area (Å²) in [5.41, 5.74) is 0.846. The Morgan fingerprint density at radius 1 is 1.16 bits per heavy atom. The number of nitrogens with one attached hydrogen (secondary N) is 1. The number of aliphatic hydroxyl groups is 1. The van der Waals surface area contributed by atoms with E-state index in [0.717, 1.165) is 37.7 Å². The predicted octanol–water partition coefficient (Wildman–Crippen LogP) is 2.79. The third kappa shape index (κ3) is 6.05. The smallest absolute Gasteiger partial charge is 0.408 e. The van der Waals surface area contributed by atoms with Crippen molar-refractivity contribution in [1.82, 2.24) is 5.32 Å². The molecule has 1 aliphatic rings. The monoisotopic (exact) mass is 349 g/mol. The first-order valence-corrected chi connectivity index (χ1v) is 8.93. The molecular formula is C19H27NO5. The second-order valence-corrected chi connectivity index (χ2v) is 6.32. The SMILES string of the molecule is CCOC(=O)[C@@H](NC(=O)OCc1ccccc1)[C@@H](O)C1CCCCC1. The topological polar surface area (TPSA) is 84.9 Å². The molecule has 0 aromatic heterocycles. The molecule has 0 radical (unpaired) electrons. The van der Waals surface area contributed by atoms with Crippen LogP contribution in [0.15, 0.2) is 30.3 Å². The highest BCUT2D eigenvalue weighted by Crippen LogP contribution is 2.28. The lowest BCUT2D eigenvalue weighted by Gasteiger charge is -2.31. The van der Waals surface area contributed by atoms with Gasteiger partial charge < -0.3 is 19.9 Å². The van der Waals surface area contributed by atoms with E-state index in [-0.39, 0.29) is 19.1 Å². The zero-order valence-corrected chi connectivity index (χ0v) is 14.6. The maximum Gasteiger partial charge on any atom is 0.408 e. The van der Waals surface area contributed by atoms with Gasteiger partial charge in [-0.15, -0.1) is 0 Å². The van der Waals surface area contributed by atoms with Crippen LogP contribution in [0, 0.1) is 5.92 Å². The van der Waals surface area contributed by atoms with Gasteiger partial charge in [-0.05, 0) is 31.2 Å². The molecule has 2 rings (SSSR count). The first kappa shape index (κ1) is 19.2. The number of hydrogen-bond donors (Lipinski definition) is 2. The molecule has 0 heterocycles. The van der Waals surface area contributed by atoms with E-state index in [1.54, 1.807) is 6.92 Å². The molecule has 1 amide bonds. The number of rotatable bonds is 7. The molecular weight excluding hydrogens is 322 g/mol. The van der Waals surface area contributed by atoms with Crippen LogP contribution in [0.4, 0.5) is 4.79 Å². The maximum absolute atomic E-state index is 12.2. The van der Waals surface area contributed by atoms with E-state index in [0.29, 0.717) is 0 Å². The van der Waals surface area contributed by atoms with Gasteiger partial charge >= 0.3 is 12.1 Å². The summed E-state index contributed by atoms with van der Waals surface area (Å²) < 4.78 is 10.2. The van der Waals surface area contributed by atoms with Crippen molar-refractivity contribution in [2.24, 2.45) is 5.92 Å². The number of ether oxygens (including phenoxy) is 2. The lowest BCUT2D eigenvalue weighted by molar-refractivity contribution is -0.150. The second-order valence-electron chi connectivity index (χ2n) is 6.32. The Bertz CT molecular complexity index is 542. The molecule has 0 bridgehead atoms. The summed E-state index contributed by atoms with van der Waals surface area (Å²) in [6.07, 6.45) is 3.17. The standard InChI is InChI=1S/C19H27NO5/c1-2-24-18(22)16(17(21)15-11-7-4-8-12-15)20-19(23)25-13-14-9-5-3-6-10-14/h3,5-6,9-10,15-17,21H,2,4,7-8,11-13H2,1H3,(H,20,23)/t16-,17-/m0/s1. The van der Waals surface area contributed by atoms with Gasteiger partial charge in [-0.25, -0.2) is 9.59 Å². The zero-order chi connectivity index (χ0) is 18.1. The van der Waals surface area contributed by atoms with Gasteiger partial charge in [0.2, 0.25) is 0 Å². The Morgan fingerprint density at radius 2 is 1.84 bits per heavy atom. The Labute approximate surface area is 148 Å². The molecule has 6 heteroatoms. The van der Waals surface area contributed by atoms with Crippen LogP contribution in [-0.2, 0) is 20.9 Å². The maximum atomic E-state index is 12.2. The Kier molecular flexibility index (Phi) is 7.73. The summed E-state index contributed by atoms with van der Waals surface area (Å²) in [4.78, 5) is 24.3. The van der Waals surface area contributed by atoms with Crippen LogP contribution in [0.3, 0.4) is 0 Å². The summed E-state index contributed by atoms with van der Waals surface area (Å²) in [5.74, 6) is -0.644. The number of carbonyl (C=O) groups is 2. The number of carbonyl (C=O) groups excluding carboxylic acids is 2. The second kappa shape index (κ2) is 10.0. The van der Waals surface area contributed by atoms with E-state index in [2.05, 4.69) is 5.32 Å². The highest BCUT2D eigenvalue weighted by molar-refractivity contribution is 5.82. The van der Waals surface area contributed by atoms with E-state index < -0.39 is 24.2 Å². The first-order valence-electron chi connectivity index (χ1n) is 8.93. The number of aliphatic hydroxyl groups excluding tert-OH is 1. The van der Waals surface area contributed by atoms with E-state index >= 15 is 0 Å². The van der Waals surface area contributed by atoms with Crippen molar-refractivity contribution in [3.8, 4) is 0 Å². The van der Waals surface area contributed by atoms with Gasteiger partial charge in [-0.1, -0.05) is 49.6 Å². The van der Waals surface area contributed by atoms with Crippen LogP contribution in [-0.4, -0.2) is 35.9 Å². The minimum atomic E-state index is -1.11. The predicted molar refractivity (Wildman–Crippen MR) is 92.8 cm³/mol. The normalized spacial score (nSPS) is 17.4. The van der Waals surface area contributed by atoms with Crippen LogP contribution in [0.5, 0.6) is 0 Å². The minimum absolute atomic E-state index is 0.0161. The number of benzene rings is 1. The first-order chi connectivity index (χ1) is 12.1. The molecule has 25 heavy (non-hydrogen) atoms. The third-order valence-electron chi connectivity index (χ3n) is 4.50. The van der Waals surface area contributed by atoms with Crippen LogP contribution in [0.25, 0.3) is 0 Å². The van der Waals surface area contributed by atoms with Crippen LogP contribution in [0.2, 0.25) is 0 Å². The van der Waals surface area contributed by atoms with Gasteiger partial charge in [0, 0.05) is 0 Å². The van der Waals surface area contributed by atoms with Crippen molar-refractivity contribution in [2.45, 2.75) is 57.8 Å². The fraction of sp³-hybridized carbons (Fsp3) is 0.579. The van der Waals surface area contributed by atoms with Crippen molar-refractivity contribution >= 4 is 12.1 Å². The van der Waals surface area contributed by atoms with Gasteiger partial charge in [0.25, 0.3) is 0 Å². The van der Waals surface area contributed by atoms with Crippen molar-refractivity contribution < 1.29 is 24.2 Å². The molecule has 1 saturated carbocycles. The molecule has 1 aromatic rings. The van der Waals surface area contributed by atoms with E-state index in [1.165, 1.54) is 0 Å². The summed E-state index contributed by atoms with van der Waals surface area (Å²) in [5, 5.41) is 13.1. The van der Waals surface area contributed by atoms with Crippen molar-refractivity contribution in [3.63, 3.8) is 0 Å². The molecule has 2 atom stereocenters. The molecule has 1 aromatic carbocycles. The lowest BCUT2D eigenvalue weighted by Crippen LogP contribution is -2.52. The third-order valence-corrected chi connectivity index (χ3v) is 4.50. The Balaban J connectivity index is 1.94. The quantitative estimate of drug-likeness (QED) is 0.740. The largest absolute Gasteiger partial charge is 0.464 e. The summed E-state index contributed by atoms with van der Waals surface area (Å²) in [6, 6.07) is 8.16. The van der Waals surface area contributed by atoms with Crippen molar-refractivity contribution in [2.75, 3.05) is 6.61 Å². The number of hydrogen-bond acceptors (Lipinski definition) is 5. The molecule has 138 valence electrons. The minimum Gasteiger partial charge on any atom is -0.464 e. The average molecular weight is 349 g/mol. The van der Waals surface area contributed by atoms with E-state index in [4.69, 9.17) is 9.47 Å². The molecule has 6 nitrogen and oxygen atoms in total. The van der Waals surface area contributed by atoms with Crippen molar-refractivity contribution in [1.29, 1.82) is 0 Å². The molecule has 0 spiro atoms. The molecule has 1 fully saturated rings. The number of esters is 1. The summed E-state index contributed by atoms with van der Waals surface area (Å²) in [7, 11) is 0. The van der Waals surface area contributed by atoms with E-state index in [9.17, 15) is 14.7 Å². The molecule has 1 aliphatic carbocycles. The summed E-state index contributed by atoms with van der Waals surface area (Å²) in [6.45, 7) is 1.98. The van der Waals surface area contributed by atoms with Crippen LogP contribution in [0.1, 0.15) is 44.6 Å². The lowest BCUT2D eigenvalue weighted by atomic mass is 9.82. The fourth-order valence-corrected chi connectivity index (χ4v) is 3.16. The summed E-state index contributed by atoms with van der Waals surface area (Å²) >= 11 is 0. The Hall–Kier alpha value is -2.08. The Morgan fingerprint density at radius 3 is 2.48 bits per heavy atom. The highest BCUT2D eigenvalue weighted by atomic mass is 16.6. The molecule has 0 unspecified atom stereocenters. The van der Waals surface area contributed by atoms with Gasteiger partial charge in [0.05, 0.1) is 12.7 Å². The van der Waals surface area contributed by atoms with Crippen LogP contribution >= 0.6 is 0 Å². The fourth-order valence-electron chi connectivity index (χ4n) is 3.16. The van der Waals surface area contributed by atoms with Crippen LogP contribution < -0.4 is 5.32 Å².